The number of ether oxygens (including phenoxy) is 1. The predicted octanol–water partition coefficient (Wildman–Crippen LogP) is 5.08. The molecule has 24 heavy (non-hydrogen) atoms. The van der Waals surface area contributed by atoms with Gasteiger partial charge in [0.05, 0.1) is 6.61 Å². The van der Waals surface area contributed by atoms with Gasteiger partial charge in [-0.2, -0.15) is 0 Å². The molecule has 0 aliphatic rings. The number of aryl methyl sites for hydroxylation is 1. The van der Waals surface area contributed by atoms with Crippen molar-refractivity contribution in [3.63, 3.8) is 0 Å². The van der Waals surface area contributed by atoms with E-state index < -0.39 is 0 Å². The van der Waals surface area contributed by atoms with Crippen LogP contribution in [0, 0.1) is 0 Å². The number of anilines is 1. The summed E-state index contributed by atoms with van der Waals surface area (Å²) in [5.41, 5.74) is 3.08. The molecule has 0 aliphatic carbocycles. The van der Waals surface area contributed by atoms with E-state index in [9.17, 15) is 4.79 Å². The summed E-state index contributed by atoms with van der Waals surface area (Å²) in [5.74, 6) is 0.701. The van der Waals surface area contributed by atoms with E-state index in [0.29, 0.717) is 6.61 Å². The lowest BCUT2D eigenvalue weighted by Crippen LogP contribution is -2.07. The smallest absolute Gasteiger partial charge is 0.248 e. The molecular weight excluding hydrogens is 298 g/mol. The van der Waals surface area contributed by atoms with Gasteiger partial charge in [0.25, 0.3) is 0 Å². The maximum Gasteiger partial charge on any atom is 0.248 e. The molecule has 0 heterocycles. The van der Waals surface area contributed by atoms with E-state index in [1.165, 1.54) is 18.4 Å². The minimum atomic E-state index is -0.134. The minimum absolute atomic E-state index is 0.134. The number of hydrogen-bond acceptors (Lipinski definition) is 2. The van der Waals surface area contributed by atoms with Gasteiger partial charge in [0, 0.05) is 11.8 Å². The van der Waals surface area contributed by atoms with E-state index in [1.807, 2.05) is 43.3 Å². The maximum absolute atomic E-state index is 12.0. The van der Waals surface area contributed by atoms with E-state index in [4.69, 9.17) is 4.74 Å². The second-order valence-corrected chi connectivity index (χ2v) is 5.63. The third kappa shape index (κ3) is 5.92. The van der Waals surface area contributed by atoms with Crippen LogP contribution in [-0.4, -0.2) is 12.5 Å². The first-order valence-corrected chi connectivity index (χ1v) is 8.52. The van der Waals surface area contributed by atoms with Crippen molar-refractivity contribution in [3.8, 4) is 5.75 Å². The number of hydrogen-bond donors (Lipinski definition) is 1. The standard InChI is InChI=1S/C21H25NO2/c1-3-5-6-17-7-12-19(13-8-17)22-21(23)16-11-18-9-14-20(15-10-18)24-4-2/h7-16H,3-6H2,1-2H3,(H,22,23). The van der Waals surface area contributed by atoms with Crippen molar-refractivity contribution in [3.05, 3.63) is 65.7 Å². The molecule has 0 saturated heterocycles. The lowest BCUT2D eigenvalue weighted by molar-refractivity contribution is -0.111. The van der Waals surface area contributed by atoms with Gasteiger partial charge in [0.2, 0.25) is 5.91 Å². The van der Waals surface area contributed by atoms with Crippen molar-refractivity contribution >= 4 is 17.7 Å². The lowest BCUT2D eigenvalue weighted by Gasteiger charge is -2.05. The van der Waals surface area contributed by atoms with Crippen LogP contribution in [0.4, 0.5) is 5.69 Å². The number of amides is 1. The average molecular weight is 323 g/mol. The summed E-state index contributed by atoms with van der Waals surface area (Å²) in [5, 5.41) is 2.88. The zero-order chi connectivity index (χ0) is 17.2. The van der Waals surface area contributed by atoms with Crippen molar-refractivity contribution in [2.75, 3.05) is 11.9 Å². The first kappa shape index (κ1) is 17.8. The molecule has 0 unspecified atom stereocenters. The van der Waals surface area contributed by atoms with Crippen molar-refractivity contribution in [2.45, 2.75) is 33.1 Å². The monoisotopic (exact) mass is 323 g/mol. The van der Waals surface area contributed by atoms with E-state index >= 15 is 0 Å². The second kappa shape index (κ2) is 9.56. The highest BCUT2D eigenvalue weighted by Crippen LogP contribution is 2.14. The molecule has 0 saturated carbocycles. The molecule has 0 aromatic heterocycles. The van der Waals surface area contributed by atoms with Gasteiger partial charge < -0.3 is 10.1 Å². The van der Waals surface area contributed by atoms with Gasteiger partial charge in [-0.15, -0.1) is 0 Å². The van der Waals surface area contributed by atoms with E-state index in [2.05, 4.69) is 24.4 Å². The number of carbonyl (C=O) groups excluding carboxylic acids is 1. The fraction of sp³-hybridized carbons (Fsp3) is 0.286. The largest absolute Gasteiger partial charge is 0.494 e. The highest BCUT2D eigenvalue weighted by molar-refractivity contribution is 6.01. The molecule has 0 spiro atoms. The quantitative estimate of drug-likeness (QED) is 0.688. The Morgan fingerprint density at radius 1 is 1.04 bits per heavy atom. The van der Waals surface area contributed by atoms with Crippen LogP contribution in [0.5, 0.6) is 5.75 Å². The van der Waals surface area contributed by atoms with Crippen LogP contribution in [0.1, 0.15) is 37.8 Å². The number of benzene rings is 2. The van der Waals surface area contributed by atoms with Crippen LogP contribution in [0.2, 0.25) is 0 Å². The van der Waals surface area contributed by atoms with Gasteiger partial charge in [-0.3, -0.25) is 4.79 Å². The maximum atomic E-state index is 12.0. The Labute approximate surface area is 144 Å². The second-order valence-electron chi connectivity index (χ2n) is 5.63. The molecule has 2 aromatic rings. The molecule has 0 atom stereocenters. The zero-order valence-electron chi connectivity index (χ0n) is 14.4. The first-order valence-electron chi connectivity index (χ1n) is 8.52. The summed E-state index contributed by atoms with van der Waals surface area (Å²) in [7, 11) is 0. The summed E-state index contributed by atoms with van der Waals surface area (Å²) in [4.78, 5) is 12.0. The summed E-state index contributed by atoms with van der Waals surface area (Å²) >= 11 is 0. The van der Waals surface area contributed by atoms with Crippen molar-refractivity contribution in [1.82, 2.24) is 0 Å². The molecule has 2 aromatic carbocycles. The summed E-state index contributed by atoms with van der Waals surface area (Å²) < 4.78 is 5.40. The summed E-state index contributed by atoms with van der Waals surface area (Å²) in [6.07, 6.45) is 6.80. The zero-order valence-corrected chi connectivity index (χ0v) is 14.4. The molecule has 0 aliphatic heterocycles. The van der Waals surface area contributed by atoms with Crippen LogP contribution >= 0.6 is 0 Å². The third-order valence-corrected chi connectivity index (χ3v) is 3.66. The van der Waals surface area contributed by atoms with Gasteiger partial charge >= 0.3 is 0 Å². The molecule has 3 nitrogen and oxygen atoms in total. The molecule has 0 radical (unpaired) electrons. The van der Waals surface area contributed by atoms with E-state index in [-0.39, 0.29) is 5.91 Å². The number of rotatable bonds is 8. The Bertz CT molecular complexity index is 657. The molecule has 0 fully saturated rings. The fourth-order valence-corrected chi connectivity index (χ4v) is 2.33. The molecule has 3 heteroatoms. The van der Waals surface area contributed by atoms with Crippen LogP contribution < -0.4 is 10.1 Å². The topological polar surface area (TPSA) is 38.3 Å². The molecule has 2 rings (SSSR count). The van der Waals surface area contributed by atoms with Crippen LogP contribution in [0.15, 0.2) is 54.6 Å². The SMILES string of the molecule is CCCCc1ccc(NC(=O)C=Cc2ccc(OCC)cc2)cc1. The molecule has 1 N–H and O–H groups in total. The molecular formula is C21H25NO2. The number of unbranched alkanes of at least 4 members (excludes halogenated alkanes) is 1. The molecule has 0 bridgehead atoms. The summed E-state index contributed by atoms with van der Waals surface area (Å²) in [6.45, 7) is 4.79. The Balaban J connectivity index is 1.87. The van der Waals surface area contributed by atoms with Crippen molar-refractivity contribution in [1.29, 1.82) is 0 Å². The number of carbonyl (C=O) groups is 1. The van der Waals surface area contributed by atoms with Gasteiger partial charge in [-0.1, -0.05) is 37.6 Å². The highest BCUT2D eigenvalue weighted by Gasteiger charge is 1.99. The highest BCUT2D eigenvalue weighted by atomic mass is 16.5. The van der Waals surface area contributed by atoms with Gasteiger partial charge in [-0.05, 0) is 61.2 Å². The van der Waals surface area contributed by atoms with Gasteiger partial charge in [0.1, 0.15) is 5.75 Å². The van der Waals surface area contributed by atoms with Crippen LogP contribution in [-0.2, 0) is 11.2 Å². The van der Waals surface area contributed by atoms with Crippen molar-refractivity contribution in [2.24, 2.45) is 0 Å². The van der Waals surface area contributed by atoms with E-state index in [1.54, 1.807) is 12.2 Å². The fourth-order valence-electron chi connectivity index (χ4n) is 2.33. The summed E-state index contributed by atoms with van der Waals surface area (Å²) in [6, 6.07) is 15.7. The van der Waals surface area contributed by atoms with Crippen molar-refractivity contribution < 1.29 is 9.53 Å². The third-order valence-electron chi connectivity index (χ3n) is 3.66. The van der Waals surface area contributed by atoms with Crippen LogP contribution in [0.25, 0.3) is 6.08 Å². The Kier molecular flexibility index (Phi) is 7.09. The first-order chi connectivity index (χ1) is 11.7. The Hall–Kier alpha value is -2.55. The van der Waals surface area contributed by atoms with Gasteiger partial charge in [-0.25, -0.2) is 0 Å². The van der Waals surface area contributed by atoms with Crippen LogP contribution in [0.3, 0.4) is 0 Å². The Morgan fingerprint density at radius 3 is 2.38 bits per heavy atom. The Morgan fingerprint density at radius 2 is 1.75 bits per heavy atom. The van der Waals surface area contributed by atoms with E-state index in [0.717, 1.165) is 23.4 Å². The predicted molar refractivity (Wildman–Crippen MR) is 100 cm³/mol. The average Bonchev–Trinajstić information content (AvgIpc) is 2.61. The minimum Gasteiger partial charge on any atom is -0.494 e. The molecule has 1 amide bonds. The van der Waals surface area contributed by atoms with Gasteiger partial charge in [0.15, 0.2) is 0 Å². The number of nitrogens with one attached hydrogen (secondary N) is 1. The lowest BCUT2D eigenvalue weighted by atomic mass is 10.1. The normalized spacial score (nSPS) is 10.8. The molecule has 126 valence electrons.